The van der Waals surface area contributed by atoms with Crippen molar-refractivity contribution in [3.63, 3.8) is 0 Å². The zero-order valence-electron chi connectivity index (χ0n) is 10.1. The van der Waals surface area contributed by atoms with Crippen LogP contribution in [0.5, 0.6) is 5.75 Å². The van der Waals surface area contributed by atoms with Crippen molar-refractivity contribution in [3.05, 3.63) is 64.4 Å². The highest BCUT2D eigenvalue weighted by atomic mass is 35.5. The average Bonchev–Trinajstić information content (AvgIpc) is 2.91. The molecule has 3 aromatic rings. The fourth-order valence-corrected chi connectivity index (χ4v) is 2.79. The summed E-state index contributed by atoms with van der Waals surface area (Å²) in [6.45, 7) is 0. The Kier molecular flexibility index (Phi) is 4.10. The third-order valence-electron chi connectivity index (χ3n) is 3.11. The van der Waals surface area contributed by atoms with E-state index in [1.165, 1.54) is 0 Å². The summed E-state index contributed by atoms with van der Waals surface area (Å²) in [4.78, 5) is 0. The topological polar surface area (TPSA) is 46.2 Å². The Bertz CT molecular complexity index is 682. The Morgan fingerprint density at radius 1 is 0.947 bits per heavy atom. The van der Waals surface area contributed by atoms with E-state index in [-0.39, 0.29) is 24.2 Å². The summed E-state index contributed by atoms with van der Waals surface area (Å²) in [5, 5.41) is 15.7. The lowest BCUT2D eigenvalue weighted by Crippen LogP contribution is -2.10. The molecule has 0 aliphatic heterocycles. The van der Waals surface area contributed by atoms with Crippen LogP contribution in [0, 0.1) is 0 Å². The van der Waals surface area contributed by atoms with Gasteiger partial charge in [0.15, 0.2) is 0 Å². The van der Waals surface area contributed by atoms with Crippen molar-refractivity contribution in [2.75, 3.05) is 0 Å². The van der Waals surface area contributed by atoms with Crippen LogP contribution in [-0.4, -0.2) is 5.11 Å². The Hall–Kier alpha value is -1.55. The predicted octanol–water partition coefficient (Wildman–Crippen LogP) is 4.08. The highest BCUT2D eigenvalue weighted by Crippen LogP contribution is 2.26. The minimum atomic E-state index is -0.0885. The van der Waals surface area contributed by atoms with Crippen LogP contribution in [-0.2, 0) is 0 Å². The first kappa shape index (κ1) is 13.9. The van der Waals surface area contributed by atoms with Gasteiger partial charge in [-0.1, -0.05) is 18.2 Å². The molecule has 0 saturated carbocycles. The van der Waals surface area contributed by atoms with E-state index in [9.17, 15) is 5.11 Å². The van der Waals surface area contributed by atoms with Crippen molar-refractivity contribution >= 4 is 34.5 Å². The number of hydrogen-bond acceptors (Lipinski definition) is 3. The largest absolute Gasteiger partial charge is 0.508 e. The molecule has 0 aliphatic rings. The smallest absolute Gasteiger partial charge is 0.116 e. The molecular weight excluding hydrogens is 278 g/mol. The van der Waals surface area contributed by atoms with Crippen LogP contribution in [0.1, 0.15) is 17.2 Å². The van der Waals surface area contributed by atoms with Gasteiger partial charge in [-0.25, -0.2) is 0 Å². The molecule has 3 N–H and O–H groups in total. The predicted molar refractivity (Wildman–Crippen MR) is 83.2 cm³/mol. The van der Waals surface area contributed by atoms with Crippen LogP contribution in [0.4, 0.5) is 0 Å². The number of phenolic OH excluding ortho intramolecular Hbond substituents is 1. The maximum absolute atomic E-state index is 9.44. The minimum Gasteiger partial charge on any atom is -0.508 e. The molecule has 19 heavy (non-hydrogen) atoms. The van der Waals surface area contributed by atoms with Crippen molar-refractivity contribution < 1.29 is 5.11 Å². The van der Waals surface area contributed by atoms with Crippen molar-refractivity contribution in [2.24, 2.45) is 5.73 Å². The van der Waals surface area contributed by atoms with Crippen LogP contribution in [0.3, 0.4) is 0 Å². The average molecular weight is 292 g/mol. The molecule has 3 rings (SSSR count). The molecule has 0 radical (unpaired) electrons. The summed E-state index contributed by atoms with van der Waals surface area (Å²) >= 11 is 1.66. The van der Waals surface area contributed by atoms with Gasteiger partial charge in [0.2, 0.25) is 0 Å². The fourth-order valence-electron chi connectivity index (χ4n) is 2.09. The second-order valence-electron chi connectivity index (χ2n) is 4.33. The molecule has 98 valence electrons. The van der Waals surface area contributed by atoms with Gasteiger partial charge in [-0.15, -0.1) is 12.4 Å². The Balaban J connectivity index is 0.00000133. The van der Waals surface area contributed by atoms with E-state index in [0.29, 0.717) is 0 Å². The molecule has 1 aromatic heterocycles. The second-order valence-corrected chi connectivity index (χ2v) is 5.11. The molecule has 2 aromatic carbocycles. The quantitative estimate of drug-likeness (QED) is 0.747. The molecule has 1 atom stereocenters. The molecular formula is C15H14ClNOS. The molecule has 0 amide bonds. The summed E-state index contributed by atoms with van der Waals surface area (Å²) in [5.41, 5.74) is 8.47. The monoisotopic (exact) mass is 291 g/mol. The van der Waals surface area contributed by atoms with Gasteiger partial charge in [-0.2, -0.15) is 11.3 Å². The summed E-state index contributed by atoms with van der Waals surface area (Å²) in [6.07, 6.45) is 0. The zero-order valence-corrected chi connectivity index (χ0v) is 11.7. The van der Waals surface area contributed by atoms with Gasteiger partial charge < -0.3 is 10.8 Å². The fraction of sp³-hybridized carbons (Fsp3) is 0.0667. The molecule has 0 aliphatic carbocycles. The van der Waals surface area contributed by atoms with Gasteiger partial charge in [0.05, 0.1) is 6.04 Å². The number of phenols is 1. The Morgan fingerprint density at radius 2 is 1.68 bits per heavy atom. The van der Waals surface area contributed by atoms with E-state index in [1.807, 2.05) is 23.6 Å². The normalized spacial score (nSPS) is 12.1. The highest BCUT2D eigenvalue weighted by molar-refractivity contribution is 7.08. The van der Waals surface area contributed by atoms with Crippen LogP contribution in [0.2, 0.25) is 0 Å². The Labute approximate surface area is 121 Å². The third kappa shape index (κ3) is 2.73. The lowest BCUT2D eigenvalue weighted by Gasteiger charge is -2.11. The van der Waals surface area contributed by atoms with Gasteiger partial charge >= 0.3 is 0 Å². The summed E-state index contributed by atoms with van der Waals surface area (Å²) in [6, 6.07) is 13.4. The van der Waals surface area contributed by atoms with Gasteiger partial charge in [-0.05, 0) is 56.9 Å². The van der Waals surface area contributed by atoms with E-state index in [4.69, 9.17) is 5.73 Å². The van der Waals surface area contributed by atoms with Gasteiger partial charge in [0, 0.05) is 0 Å². The number of halogens is 1. The van der Waals surface area contributed by atoms with Crippen LogP contribution >= 0.6 is 23.7 Å². The lowest BCUT2D eigenvalue weighted by atomic mass is 9.99. The number of nitrogens with two attached hydrogens (primary N) is 1. The molecule has 0 fully saturated rings. The number of rotatable bonds is 2. The number of hydrogen-bond donors (Lipinski definition) is 2. The number of aromatic hydroxyl groups is 1. The number of thiophene rings is 1. The van der Waals surface area contributed by atoms with E-state index < -0.39 is 0 Å². The molecule has 0 unspecified atom stereocenters. The minimum absolute atomic E-state index is 0. The molecule has 2 nitrogen and oxygen atoms in total. The molecule has 0 spiro atoms. The first-order chi connectivity index (χ1) is 8.74. The summed E-state index contributed by atoms with van der Waals surface area (Å²) < 4.78 is 0. The molecule has 0 saturated heterocycles. The lowest BCUT2D eigenvalue weighted by molar-refractivity contribution is 0.476. The third-order valence-corrected chi connectivity index (χ3v) is 3.81. The van der Waals surface area contributed by atoms with Gasteiger partial charge in [-0.3, -0.25) is 0 Å². The van der Waals surface area contributed by atoms with Crippen LogP contribution in [0.15, 0.2) is 53.2 Å². The molecule has 1 heterocycles. The van der Waals surface area contributed by atoms with Crippen molar-refractivity contribution in [2.45, 2.75) is 6.04 Å². The summed E-state index contributed by atoms with van der Waals surface area (Å²) in [5.74, 6) is 0.289. The second kappa shape index (κ2) is 5.61. The van der Waals surface area contributed by atoms with E-state index >= 15 is 0 Å². The molecule has 0 bridgehead atoms. The van der Waals surface area contributed by atoms with Crippen molar-refractivity contribution in [1.29, 1.82) is 0 Å². The van der Waals surface area contributed by atoms with E-state index in [1.54, 1.807) is 23.5 Å². The first-order valence-electron chi connectivity index (χ1n) is 5.74. The van der Waals surface area contributed by atoms with Crippen molar-refractivity contribution in [1.82, 2.24) is 0 Å². The van der Waals surface area contributed by atoms with Gasteiger partial charge in [0.1, 0.15) is 5.75 Å². The number of fused-ring (bicyclic) bond motifs is 1. The SMILES string of the molecule is Cl.N[C@H](c1ccsc1)c1ccc2cc(O)ccc2c1. The standard InChI is InChI=1S/C15H13NOS.ClH/c16-15(13-5-6-18-9-13)12-2-1-11-8-14(17)4-3-10(11)7-12;/h1-9,15,17H,16H2;1H/t15-;/m0./s1. The zero-order chi connectivity index (χ0) is 12.5. The highest BCUT2D eigenvalue weighted by Gasteiger charge is 2.09. The maximum atomic E-state index is 9.44. The van der Waals surface area contributed by atoms with E-state index in [0.717, 1.165) is 21.9 Å². The first-order valence-corrected chi connectivity index (χ1v) is 6.69. The summed E-state index contributed by atoms with van der Waals surface area (Å²) in [7, 11) is 0. The number of benzene rings is 2. The van der Waals surface area contributed by atoms with Crippen LogP contribution < -0.4 is 5.73 Å². The maximum Gasteiger partial charge on any atom is 0.116 e. The van der Waals surface area contributed by atoms with Gasteiger partial charge in [0.25, 0.3) is 0 Å². The van der Waals surface area contributed by atoms with Crippen LogP contribution in [0.25, 0.3) is 10.8 Å². The van der Waals surface area contributed by atoms with E-state index in [2.05, 4.69) is 17.5 Å². The Morgan fingerprint density at radius 3 is 2.42 bits per heavy atom. The van der Waals surface area contributed by atoms with Crippen molar-refractivity contribution in [3.8, 4) is 5.75 Å². The molecule has 4 heteroatoms.